The van der Waals surface area contributed by atoms with Gasteiger partial charge in [0.25, 0.3) is 0 Å². The number of nitrogens with one attached hydrogen (secondary N) is 3. The molecule has 0 aliphatic carbocycles. The summed E-state index contributed by atoms with van der Waals surface area (Å²) < 4.78 is 0. The second-order valence-corrected chi connectivity index (χ2v) is 3.77. The van der Waals surface area contributed by atoms with Crippen molar-refractivity contribution >= 4 is 0 Å². The normalized spacial score (nSPS) is 9.76. The highest BCUT2D eigenvalue weighted by Crippen LogP contribution is 1.82. The summed E-state index contributed by atoms with van der Waals surface area (Å²) in [6.45, 7) is 5.63. The Hall–Kier alpha value is -1.14. The summed E-state index contributed by atoms with van der Waals surface area (Å²) in [5, 5.41) is 26.5. The molecule has 0 radical (unpaired) electrons. The van der Waals surface area contributed by atoms with Crippen molar-refractivity contribution in [1.29, 1.82) is 10.5 Å². The topological polar surface area (TPSA) is 83.7 Å². The first kappa shape index (κ1) is 15.9. The Morgan fingerprint density at radius 1 is 0.588 bits per heavy atom. The lowest BCUT2D eigenvalue weighted by molar-refractivity contribution is 0.571. The van der Waals surface area contributed by atoms with Crippen LogP contribution in [0.2, 0.25) is 0 Å². The molecule has 0 rings (SSSR count). The second-order valence-electron chi connectivity index (χ2n) is 3.77. The third-order valence-corrected chi connectivity index (χ3v) is 2.24. The molecule has 0 bridgehead atoms. The molecule has 0 atom stereocenters. The number of nitrogens with zero attached hydrogens (tertiary/aromatic N) is 2. The number of rotatable bonds is 12. The fraction of sp³-hybridized carbons (Fsp3) is 0.833. The van der Waals surface area contributed by atoms with Gasteiger partial charge in [-0.3, -0.25) is 0 Å². The molecule has 0 fully saturated rings. The largest absolute Gasteiger partial charge is 0.315 e. The molecule has 0 aliphatic heterocycles. The van der Waals surface area contributed by atoms with Crippen molar-refractivity contribution < 1.29 is 0 Å². The summed E-state index contributed by atoms with van der Waals surface area (Å²) in [4.78, 5) is 0. The van der Waals surface area contributed by atoms with Gasteiger partial charge in [0.05, 0.1) is 12.1 Å². The molecule has 96 valence electrons. The van der Waals surface area contributed by atoms with Crippen LogP contribution in [0.5, 0.6) is 0 Å². The Labute approximate surface area is 104 Å². The molecule has 0 aromatic carbocycles. The molecule has 0 heterocycles. The van der Waals surface area contributed by atoms with Gasteiger partial charge in [0, 0.05) is 39.0 Å². The molecule has 0 aromatic rings. The maximum absolute atomic E-state index is 8.33. The summed E-state index contributed by atoms with van der Waals surface area (Å²) in [7, 11) is 0. The number of nitriles is 2. The summed E-state index contributed by atoms with van der Waals surface area (Å²) >= 11 is 0. The average molecular weight is 237 g/mol. The van der Waals surface area contributed by atoms with Crippen molar-refractivity contribution in [2.75, 3.05) is 39.3 Å². The third kappa shape index (κ3) is 14.9. The van der Waals surface area contributed by atoms with E-state index < -0.39 is 0 Å². The van der Waals surface area contributed by atoms with E-state index in [9.17, 15) is 0 Å². The first-order valence-electron chi connectivity index (χ1n) is 6.28. The first-order valence-corrected chi connectivity index (χ1v) is 6.28. The highest BCUT2D eigenvalue weighted by atomic mass is 15.0. The van der Waals surface area contributed by atoms with E-state index >= 15 is 0 Å². The lowest BCUT2D eigenvalue weighted by atomic mass is 10.3. The van der Waals surface area contributed by atoms with Gasteiger partial charge in [-0.05, 0) is 25.9 Å². The molecule has 0 aliphatic rings. The Kier molecular flexibility index (Phi) is 13.9. The van der Waals surface area contributed by atoms with Crippen LogP contribution in [-0.4, -0.2) is 39.3 Å². The lowest BCUT2D eigenvalue weighted by Gasteiger charge is -2.06. The molecule has 5 nitrogen and oxygen atoms in total. The van der Waals surface area contributed by atoms with Gasteiger partial charge in [0.15, 0.2) is 0 Å². The SMILES string of the molecule is N#CCCCNCCNCCNCCCC#N. The van der Waals surface area contributed by atoms with Crippen LogP contribution in [0.15, 0.2) is 0 Å². The summed E-state index contributed by atoms with van der Waals surface area (Å²) in [6.07, 6.45) is 3.12. The van der Waals surface area contributed by atoms with E-state index in [1.54, 1.807) is 0 Å². The Balaban J connectivity index is 2.90. The van der Waals surface area contributed by atoms with E-state index in [0.29, 0.717) is 12.8 Å². The predicted octanol–water partition coefficient (Wildman–Crippen LogP) is 0.363. The monoisotopic (exact) mass is 237 g/mol. The zero-order valence-electron chi connectivity index (χ0n) is 10.5. The molecule has 0 aromatic heterocycles. The van der Waals surface area contributed by atoms with Crippen molar-refractivity contribution in [2.45, 2.75) is 25.7 Å². The molecule has 5 heteroatoms. The van der Waals surface area contributed by atoms with Gasteiger partial charge in [-0.25, -0.2) is 0 Å². The Bertz CT molecular complexity index is 204. The fourth-order valence-electron chi connectivity index (χ4n) is 1.31. The number of hydrogen-bond donors (Lipinski definition) is 3. The van der Waals surface area contributed by atoms with E-state index in [-0.39, 0.29) is 0 Å². The second kappa shape index (κ2) is 14.9. The van der Waals surface area contributed by atoms with Crippen LogP contribution >= 0.6 is 0 Å². The standard InChI is InChI=1S/C12H23N5/c13-5-1-3-7-15-9-11-17-12-10-16-8-4-2-6-14/h15-17H,1-4,7-12H2. The molecule has 0 unspecified atom stereocenters. The van der Waals surface area contributed by atoms with Crippen LogP contribution < -0.4 is 16.0 Å². The van der Waals surface area contributed by atoms with Gasteiger partial charge in [-0.1, -0.05) is 0 Å². The molecule has 0 spiro atoms. The number of hydrogen-bond acceptors (Lipinski definition) is 5. The van der Waals surface area contributed by atoms with Gasteiger partial charge in [0.2, 0.25) is 0 Å². The maximum atomic E-state index is 8.33. The van der Waals surface area contributed by atoms with E-state index in [1.807, 2.05) is 0 Å². The Morgan fingerprint density at radius 3 is 1.29 bits per heavy atom. The Morgan fingerprint density at radius 2 is 0.941 bits per heavy atom. The molecular weight excluding hydrogens is 214 g/mol. The van der Waals surface area contributed by atoms with Crippen molar-refractivity contribution in [2.24, 2.45) is 0 Å². The van der Waals surface area contributed by atoms with Gasteiger partial charge >= 0.3 is 0 Å². The first-order chi connectivity index (χ1) is 8.41. The molecule has 0 amide bonds. The average Bonchev–Trinajstić information content (AvgIpc) is 2.35. The van der Waals surface area contributed by atoms with Crippen LogP contribution in [-0.2, 0) is 0 Å². The smallest absolute Gasteiger partial charge is 0.0622 e. The van der Waals surface area contributed by atoms with E-state index in [1.165, 1.54) is 0 Å². The fourth-order valence-corrected chi connectivity index (χ4v) is 1.31. The molecule has 0 saturated carbocycles. The molecule has 3 N–H and O–H groups in total. The third-order valence-electron chi connectivity index (χ3n) is 2.24. The number of unbranched alkanes of at least 4 members (excludes halogenated alkanes) is 2. The van der Waals surface area contributed by atoms with Crippen molar-refractivity contribution in [3.63, 3.8) is 0 Å². The van der Waals surface area contributed by atoms with Crippen molar-refractivity contribution in [3.8, 4) is 12.1 Å². The van der Waals surface area contributed by atoms with Gasteiger partial charge in [0.1, 0.15) is 0 Å². The molecule has 0 saturated heterocycles. The molecule has 17 heavy (non-hydrogen) atoms. The summed E-state index contributed by atoms with van der Waals surface area (Å²) in [6, 6.07) is 4.25. The van der Waals surface area contributed by atoms with Crippen LogP contribution in [0.3, 0.4) is 0 Å². The highest BCUT2D eigenvalue weighted by molar-refractivity contribution is 4.69. The van der Waals surface area contributed by atoms with Crippen LogP contribution in [0.4, 0.5) is 0 Å². The summed E-state index contributed by atoms with van der Waals surface area (Å²) in [5.41, 5.74) is 0. The van der Waals surface area contributed by atoms with Crippen LogP contribution in [0, 0.1) is 22.7 Å². The lowest BCUT2D eigenvalue weighted by Crippen LogP contribution is -2.33. The predicted molar refractivity (Wildman–Crippen MR) is 68.3 cm³/mol. The van der Waals surface area contributed by atoms with Gasteiger partial charge in [-0.2, -0.15) is 10.5 Å². The zero-order valence-corrected chi connectivity index (χ0v) is 10.5. The zero-order chi connectivity index (χ0) is 12.6. The maximum Gasteiger partial charge on any atom is 0.0622 e. The minimum Gasteiger partial charge on any atom is -0.315 e. The van der Waals surface area contributed by atoms with Crippen molar-refractivity contribution in [3.05, 3.63) is 0 Å². The van der Waals surface area contributed by atoms with E-state index in [4.69, 9.17) is 10.5 Å². The van der Waals surface area contributed by atoms with Crippen LogP contribution in [0.1, 0.15) is 25.7 Å². The van der Waals surface area contributed by atoms with E-state index in [0.717, 1.165) is 52.1 Å². The summed E-state index contributed by atoms with van der Waals surface area (Å²) in [5.74, 6) is 0. The van der Waals surface area contributed by atoms with Crippen LogP contribution in [0.25, 0.3) is 0 Å². The van der Waals surface area contributed by atoms with E-state index in [2.05, 4.69) is 28.1 Å². The quantitative estimate of drug-likeness (QED) is 0.427. The van der Waals surface area contributed by atoms with Gasteiger partial charge < -0.3 is 16.0 Å². The highest BCUT2D eigenvalue weighted by Gasteiger charge is 1.90. The minimum atomic E-state index is 0.632. The minimum absolute atomic E-state index is 0.632. The van der Waals surface area contributed by atoms with Crippen molar-refractivity contribution in [1.82, 2.24) is 16.0 Å². The van der Waals surface area contributed by atoms with Gasteiger partial charge in [-0.15, -0.1) is 0 Å². The molecular formula is C12H23N5.